The van der Waals surface area contributed by atoms with Gasteiger partial charge in [-0.25, -0.2) is 4.79 Å². The molecule has 1 aromatic carbocycles. The molecule has 116 valence electrons. The molecule has 0 unspecified atom stereocenters. The Labute approximate surface area is 137 Å². The Hall–Kier alpha value is -1.17. The SMILES string of the molecule is CC(C)CNC(=O)COc1c(Cl)cc(Cl)c(Cl)c1C(=O)O. The third-order valence-corrected chi connectivity index (χ3v) is 3.46. The fraction of sp³-hybridized carbons (Fsp3) is 0.385. The highest BCUT2D eigenvalue weighted by Gasteiger charge is 2.23. The van der Waals surface area contributed by atoms with E-state index in [4.69, 9.17) is 44.6 Å². The molecule has 5 nitrogen and oxygen atoms in total. The summed E-state index contributed by atoms with van der Waals surface area (Å²) in [4.78, 5) is 22.8. The van der Waals surface area contributed by atoms with Gasteiger partial charge in [-0.1, -0.05) is 48.7 Å². The standard InChI is InChI=1S/C13H14Cl3NO4/c1-6(2)4-17-9(18)5-21-12-8(15)3-7(14)11(16)10(12)13(19)20/h3,6H,4-5H2,1-2H3,(H,17,18)(H,19,20). The van der Waals surface area contributed by atoms with Crippen molar-refractivity contribution in [3.8, 4) is 5.75 Å². The van der Waals surface area contributed by atoms with Crippen LogP contribution in [0.4, 0.5) is 0 Å². The Balaban J connectivity index is 2.91. The van der Waals surface area contributed by atoms with E-state index in [1.807, 2.05) is 13.8 Å². The van der Waals surface area contributed by atoms with Crippen molar-refractivity contribution in [2.75, 3.05) is 13.2 Å². The molecular weight excluding hydrogens is 341 g/mol. The molecule has 0 heterocycles. The fourth-order valence-electron chi connectivity index (χ4n) is 1.42. The van der Waals surface area contributed by atoms with Gasteiger partial charge in [0.25, 0.3) is 5.91 Å². The number of aromatic carboxylic acids is 1. The lowest BCUT2D eigenvalue weighted by Crippen LogP contribution is -2.32. The van der Waals surface area contributed by atoms with Gasteiger partial charge in [-0.2, -0.15) is 0 Å². The van der Waals surface area contributed by atoms with E-state index in [1.165, 1.54) is 6.07 Å². The Morgan fingerprint density at radius 3 is 2.43 bits per heavy atom. The van der Waals surface area contributed by atoms with Crippen molar-refractivity contribution in [2.45, 2.75) is 13.8 Å². The van der Waals surface area contributed by atoms with Crippen LogP contribution >= 0.6 is 34.8 Å². The van der Waals surface area contributed by atoms with Gasteiger partial charge in [-0.3, -0.25) is 4.79 Å². The summed E-state index contributed by atoms with van der Waals surface area (Å²) >= 11 is 17.5. The summed E-state index contributed by atoms with van der Waals surface area (Å²) in [5.41, 5.74) is -0.370. The van der Waals surface area contributed by atoms with Crippen LogP contribution in [0, 0.1) is 5.92 Å². The van der Waals surface area contributed by atoms with Gasteiger partial charge in [-0.15, -0.1) is 0 Å². The molecule has 0 aliphatic rings. The number of nitrogens with one attached hydrogen (secondary N) is 1. The molecule has 0 aliphatic heterocycles. The zero-order valence-electron chi connectivity index (χ0n) is 11.4. The summed E-state index contributed by atoms with van der Waals surface area (Å²) in [6, 6.07) is 1.26. The summed E-state index contributed by atoms with van der Waals surface area (Å²) in [7, 11) is 0. The number of benzene rings is 1. The largest absolute Gasteiger partial charge is 0.481 e. The number of amides is 1. The van der Waals surface area contributed by atoms with Gasteiger partial charge < -0.3 is 15.2 Å². The summed E-state index contributed by atoms with van der Waals surface area (Å²) in [5.74, 6) is -1.63. The molecule has 8 heteroatoms. The van der Waals surface area contributed by atoms with Crippen molar-refractivity contribution in [3.63, 3.8) is 0 Å². The fourth-order valence-corrected chi connectivity index (χ4v) is 2.16. The third-order valence-electron chi connectivity index (χ3n) is 2.40. The number of halogens is 3. The molecular formula is C13H14Cl3NO4. The summed E-state index contributed by atoms with van der Waals surface area (Å²) < 4.78 is 5.19. The zero-order valence-corrected chi connectivity index (χ0v) is 13.6. The van der Waals surface area contributed by atoms with E-state index in [1.54, 1.807) is 0 Å². The van der Waals surface area contributed by atoms with Gasteiger partial charge in [0.15, 0.2) is 12.4 Å². The van der Waals surface area contributed by atoms with Crippen LogP contribution in [0.2, 0.25) is 15.1 Å². The molecule has 0 radical (unpaired) electrons. The second kappa shape index (κ2) is 7.73. The highest BCUT2D eigenvalue weighted by atomic mass is 35.5. The number of carboxylic acids is 1. The number of hydrogen-bond acceptors (Lipinski definition) is 3. The van der Waals surface area contributed by atoms with Crippen molar-refractivity contribution >= 4 is 46.7 Å². The molecule has 0 fully saturated rings. The first kappa shape index (κ1) is 17.9. The molecule has 21 heavy (non-hydrogen) atoms. The normalized spacial score (nSPS) is 10.6. The van der Waals surface area contributed by atoms with Crippen LogP contribution in [-0.4, -0.2) is 30.1 Å². The van der Waals surface area contributed by atoms with Gasteiger partial charge in [0.2, 0.25) is 0 Å². The Morgan fingerprint density at radius 2 is 1.90 bits per heavy atom. The molecule has 0 atom stereocenters. The predicted molar refractivity (Wildman–Crippen MR) is 81.8 cm³/mol. The van der Waals surface area contributed by atoms with Crippen LogP contribution in [0.25, 0.3) is 0 Å². The minimum atomic E-state index is -1.35. The first-order chi connectivity index (χ1) is 9.73. The maximum atomic E-state index is 11.6. The lowest BCUT2D eigenvalue weighted by atomic mass is 10.2. The van der Waals surface area contributed by atoms with Gasteiger partial charge >= 0.3 is 5.97 Å². The number of carboxylic acid groups (broad SMARTS) is 1. The molecule has 0 saturated carbocycles. The van der Waals surface area contributed by atoms with Crippen molar-refractivity contribution in [2.24, 2.45) is 5.92 Å². The van der Waals surface area contributed by atoms with Gasteiger partial charge in [0.1, 0.15) is 5.56 Å². The van der Waals surface area contributed by atoms with E-state index in [-0.39, 0.29) is 44.8 Å². The number of rotatable bonds is 6. The first-order valence-electron chi connectivity index (χ1n) is 6.04. The number of ether oxygens (including phenoxy) is 1. The quantitative estimate of drug-likeness (QED) is 0.767. The van der Waals surface area contributed by atoms with Crippen molar-refractivity contribution in [1.82, 2.24) is 5.32 Å². The molecule has 0 spiro atoms. The lowest BCUT2D eigenvalue weighted by Gasteiger charge is -2.13. The molecule has 2 N–H and O–H groups in total. The molecule has 0 bridgehead atoms. The zero-order chi connectivity index (χ0) is 16.2. The van der Waals surface area contributed by atoms with E-state index in [9.17, 15) is 9.59 Å². The Bertz CT molecular complexity index is 561. The second-order valence-corrected chi connectivity index (χ2v) is 5.84. The van der Waals surface area contributed by atoms with Crippen molar-refractivity contribution in [3.05, 3.63) is 26.7 Å². The molecule has 0 aromatic heterocycles. The summed E-state index contributed by atoms with van der Waals surface area (Å²) in [5, 5.41) is 11.6. The lowest BCUT2D eigenvalue weighted by molar-refractivity contribution is -0.123. The Morgan fingerprint density at radius 1 is 1.29 bits per heavy atom. The van der Waals surface area contributed by atoms with E-state index in [0.29, 0.717) is 6.54 Å². The van der Waals surface area contributed by atoms with Gasteiger partial charge in [0, 0.05) is 6.54 Å². The molecule has 1 amide bonds. The maximum absolute atomic E-state index is 11.6. The third kappa shape index (κ3) is 4.95. The average Bonchev–Trinajstić information content (AvgIpc) is 2.38. The van der Waals surface area contributed by atoms with Crippen LogP contribution in [-0.2, 0) is 4.79 Å². The van der Waals surface area contributed by atoms with E-state index in [2.05, 4.69) is 5.32 Å². The Kier molecular flexibility index (Phi) is 6.58. The molecule has 0 saturated heterocycles. The van der Waals surface area contributed by atoms with Gasteiger partial charge in [0.05, 0.1) is 15.1 Å². The van der Waals surface area contributed by atoms with Crippen LogP contribution in [0.1, 0.15) is 24.2 Å². The smallest absolute Gasteiger partial charge is 0.341 e. The summed E-state index contributed by atoms with van der Waals surface area (Å²) in [6.45, 7) is 4.01. The van der Waals surface area contributed by atoms with Crippen LogP contribution in [0.15, 0.2) is 6.07 Å². The maximum Gasteiger partial charge on any atom is 0.341 e. The topological polar surface area (TPSA) is 75.6 Å². The minimum absolute atomic E-state index is 0.00400. The average molecular weight is 355 g/mol. The van der Waals surface area contributed by atoms with Crippen molar-refractivity contribution < 1.29 is 19.4 Å². The number of hydrogen-bond donors (Lipinski definition) is 2. The van der Waals surface area contributed by atoms with Crippen LogP contribution < -0.4 is 10.1 Å². The van der Waals surface area contributed by atoms with Crippen LogP contribution in [0.5, 0.6) is 5.75 Å². The molecule has 0 aliphatic carbocycles. The van der Waals surface area contributed by atoms with Crippen LogP contribution in [0.3, 0.4) is 0 Å². The number of carbonyl (C=O) groups is 2. The predicted octanol–water partition coefficient (Wildman–Crippen LogP) is 3.50. The summed E-state index contributed by atoms with van der Waals surface area (Å²) in [6.07, 6.45) is 0. The molecule has 1 rings (SSSR count). The van der Waals surface area contributed by atoms with E-state index < -0.39 is 5.97 Å². The minimum Gasteiger partial charge on any atom is -0.481 e. The van der Waals surface area contributed by atoms with Crippen molar-refractivity contribution in [1.29, 1.82) is 0 Å². The monoisotopic (exact) mass is 353 g/mol. The highest BCUT2D eigenvalue weighted by molar-refractivity contribution is 6.45. The first-order valence-corrected chi connectivity index (χ1v) is 7.17. The van der Waals surface area contributed by atoms with Gasteiger partial charge in [-0.05, 0) is 12.0 Å². The second-order valence-electron chi connectivity index (χ2n) is 4.65. The highest BCUT2D eigenvalue weighted by Crippen LogP contribution is 2.39. The molecule has 1 aromatic rings. The van der Waals surface area contributed by atoms with E-state index in [0.717, 1.165) is 0 Å². The number of carbonyl (C=O) groups excluding carboxylic acids is 1. The van der Waals surface area contributed by atoms with E-state index >= 15 is 0 Å².